The maximum absolute atomic E-state index is 11.4. The predicted octanol–water partition coefficient (Wildman–Crippen LogP) is 1.79. The van der Waals surface area contributed by atoms with Crippen molar-refractivity contribution in [2.24, 2.45) is 0 Å². The molecule has 1 fully saturated rings. The van der Waals surface area contributed by atoms with Crippen molar-refractivity contribution in [2.75, 3.05) is 13.7 Å². The van der Waals surface area contributed by atoms with E-state index >= 15 is 0 Å². The molecule has 1 unspecified atom stereocenters. The summed E-state index contributed by atoms with van der Waals surface area (Å²) in [5.41, 5.74) is 3.31. The van der Waals surface area contributed by atoms with Crippen LogP contribution in [0.4, 0.5) is 9.59 Å². The largest absolute Gasteiger partial charge is 0.452 e. The number of carbonyl (C=O) groups is 2. The molecule has 1 saturated heterocycles. The zero-order valence-corrected chi connectivity index (χ0v) is 10.4. The molecule has 6 nitrogen and oxygen atoms in total. The normalized spacial score (nSPS) is 18.5. The first-order valence-corrected chi connectivity index (χ1v) is 5.74. The summed E-state index contributed by atoms with van der Waals surface area (Å²) in [4.78, 5) is 22.6. The Labute approximate surface area is 110 Å². The highest BCUT2D eigenvalue weighted by Crippen LogP contribution is 2.13. The van der Waals surface area contributed by atoms with Gasteiger partial charge >= 0.3 is 12.2 Å². The molecule has 1 aromatic carbocycles. The van der Waals surface area contributed by atoms with E-state index in [-0.39, 0.29) is 12.6 Å². The molecule has 0 aromatic heterocycles. The number of amides is 2. The van der Waals surface area contributed by atoms with Gasteiger partial charge in [-0.25, -0.2) is 20.0 Å². The van der Waals surface area contributed by atoms with E-state index in [0.717, 1.165) is 10.6 Å². The van der Waals surface area contributed by atoms with Crippen LogP contribution in [-0.4, -0.2) is 37.0 Å². The second-order valence-corrected chi connectivity index (χ2v) is 3.89. The number of carbonyl (C=O) groups excluding carboxylic acids is 2. The molecule has 1 atom stereocenters. The van der Waals surface area contributed by atoms with Gasteiger partial charge in [0, 0.05) is 0 Å². The van der Waals surface area contributed by atoms with E-state index < -0.39 is 12.2 Å². The molecule has 1 heterocycles. The molecular weight excluding hydrogens is 248 g/mol. The van der Waals surface area contributed by atoms with Crippen LogP contribution in [0.25, 0.3) is 6.08 Å². The smallest absolute Gasteiger partial charge is 0.429 e. The van der Waals surface area contributed by atoms with E-state index in [1.807, 2.05) is 36.4 Å². The molecule has 1 aliphatic rings. The number of nitrogens with one attached hydrogen (secondary N) is 1. The molecule has 0 radical (unpaired) electrons. The van der Waals surface area contributed by atoms with Crippen LogP contribution >= 0.6 is 0 Å². The number of rotatable bonds is 3. The van der Waals surface area contributed by atoms with Crippen LogP contribution in [0.2, 0.25) is 0 Å². The summed E-state index contributed by atoms with van der Waals surface area (Å²) < 4.78 is 9.33. The first-order valence-electron chi connectivity index (χ1n) is 5.74. The van der Waals surface area contributed by atoms with Gasteiger partial charge in [-0.15, -0.1) is 0 Å². The van der Waals surface area contributed by atoms with Crippen molar-refractivity contribution < 1.29 is 19.1 Å². The molecule has 6 heteroatoms. The maximum Gasteiger partial charge on any atom is 0.429 e. The molecule has 1 N–H and O–H groups in total. The average molecular weight is 262 g/mol. The van der Waals surface area contributed by atoms with Crippen molar-refractivity contribution in [1.29, 1.82) is 0 Å². The van der Waals surface area contributed by atoms with Gasteiger partial charge in [0.1, 0.15) is 12.6 Å². The fourth-order valence-electron chi connectivity index (χ4n) is 1.64. The molecular formula is C13H14N2O4. The molecule has 1 aliphatic heterocycles. The summed E-state index contributed by atoms with van der Waals surface area (Å²) in [6, 6.07) is 9.27. The van der Waals surface area contributed by atoms with Crippen molar-refractivity contribution in [3.8, 4) is 0 Å². The molecule has 0 saturated carbocycles. The maximum atomic E-state index is 11.4. The van der Waals surface area contributed by atoms with Crippen LogP contribution in [0.5, 0.6) is 0 Å². The summed E-state index contributed by atoms with van der Waals surface area (Å²) in [5, 5.41) is 1.10. The highest BCUT2D eigenvalue weighted by atomic mass is 16.6. The number of ether oxygens (including phenoxy) is 2. The second kappa shape index (κ2) is 5.90. The molecule has 2 rings (SSSR count). The minimum atomic E-state index is -0.711. The topological polar surface area (TPSA) is 67.9 Å². The van der Waals surface area contributed by atoms with E-state index in [1.165, 1.54) is 7.11 Å². The average Bonchev–Trinajstić information content (AvgIpc) is 2.78. The van der Waals surface area contributed by atoms with Gasteiger partial charge in [-0.2, -0.15) is 0 Å². The third kappa shape index (κ3) is 3.25. The summed E-state index contributed by atoms with van der Waals surface area (Å²) in [7, 11) is 1.23. The third-order valence-electron chi connectivity index (χ3n) is 2.61. The first-order chi connectivity index (χ1) is 9.20. The fourth-order valence-corrected chi connectivity index (χ4v) is 1.64. The zero-order valence-electron chi connectivity index (χ0n) is 10.4. The van der Waals surface area contributed by atoms with Gasteiger partial charge in [-0.05, 0) is 5.56 Å². The van der Waals surface area contributed by atoms with Crippen LogP contribution in [0.15, 0.2) is 36.4 Å². The van der Waals surface area contributed by atoms with Gasteiger partial charge in [0.15, 0.2) is 0 Å². The lowest BCUT2D eigenvalue weighted by molar-refractivity contribution is 0.120. The van der Waals surface area contributed by atoms with Crippen LogP contribution in [0.1, 0.15) is 5.56 Å². The standard InChI is InChI=1S/C13H14N2O4/c1-18-12(16)14-15-11(9-19-13(15)17)8-7-10-5-3-2-4-6-10/h2-8,11H,9H2,1H3,(H,14,16)/b8-7+. The Kier molecular flexibility index (Phi) is 4.02. The van der Waals surface area contributed by atoms with E-state index in [0.29, 0.717) is 0 Å². The van der Waals surface area contributed by atoms with Crippen molar-refractivity contribution in [3.05, 3.63) is 42.0 Å². The predicted molar refractivity (Wildman–Crippen MR) is 68.0 cm³/mol. The first kappa shape index (κ1) is 12.9. The van der Waals surface area contributed by atoms with Crippen molar-refractivity contribution in [1.82, 2.24) is 10.4 Å². The summed E-state index contributed by atoms with van der Waals surface area (Å²) in [6.07, 6.45) is 2.33. The highest BCUT2D eigenvalue weighted by molar-refractivity contribution is 5.76. The van der Waals surface area contributed by atoms with Gasteiger partial charge in [0.05, 0.1) is 7.11 Å². The summed E-state index contributed by atoms with van der Waals surface area (Å²) >= 11 is 0. The fraction of sp³-hybridized carbons (Fsp3) is 0.231. The Hall–Kier alpha value is -2.50. The quantitative estimate of drug-likeness (QED) is 0.901. The van der Waals surface area contributed by atoms with Gasteiger partial charge < -0.3 is 9.47 Å². The highest BCUT2D eigenvalue weighted by Gasteiger charge is 2.32. The van der Waals surface area contributed by atoms with Gasteiger partial charge in [-0.3, -0.25) is 0 Å². The summed E-state index contributed by atoms with van der Waals surface area (Å²) in [6.45, 7) is 0.187. The lowest BCUT2D eigenvalue weighted by Crippen LogP contribution is -2.47. The molecule has 2 amide bonds. The molecule has 0 spiro atoms. The lowest BCUT2D eigenvalue weighted by atomic mass is 10.2. The van der Waals surface area contributed by atoms with Crippen LogP contribution < -0.4 is 5.43 Å². The number of nitrogens with zero attached hydrogens (tertiary/aromatic N) is 1. The van der Waals surface area contributed by atoms with Crippen molar-refractivity contribution in [2.45, 2.75) is 6.04 Å². The Morgan fingerprint density at radius 3 is 2.89 bits per heavy atom. The Morgan fingerprint density at radius 1 is 1.47 bits per heavy atom. The number of benzene rings is 1. The molecule has 19 heavy (non-hydrogen) atoms. The van der Waals surface area contributed by atoms with E-state index in [4.69, 9.17) is 4.74 Å². The zero-order chi connectivity index (χ0) is 13.7. The molecule has 0 aliphatic carbocycles. The summed E-state index contributed by atoms with van der Waals surface area (Å²) in [5.74, 6) is 0. The van der Waals surface area contributed by atoms with E-state index in [2.05, 4.69) is 10.2 Å². The number of hydrazine groups is 1. The monoisotopic (exact) mass is 262 g/mol. The third-order valence-corrected chi connectivity index (χ3v) is 2.61. The lowest BCUT2D eigenvalue weighted by Gasteiger charge is -2.18. The van der Waals surface area contributed by atoms with Crippen LogP contribution in [0.3, 0.4) is 0 Å². The van der Waals surface area contributed by atoms with Gasteiger partial charge in [0.2, 0.25) is 0 Å². The second-order valence-electron chi connectivity index (χ2n) is 3.89. The van der Waals surface area contributed by atoms with Crippen LogP contribution in [-0.2, 0) is 9.47 Å². The number of hydrogen-bond acceptors (Lipinski definition) is 4. The van der Waals surface area contributed by atoms with Gasteiger partial charge in [0.25, 0.3) is 0 Å². The van der Waals surface area contributed by atoms with E-state index in [9.17, 15) is 9.59 Å². The minimum Gasteiger partial charge on any atom is -0.452 e. The molecule has 0 bridgehead atoms. The Bertz CT molecular complexity index is 487. The van der Waals surface area contributed by atoms with Crippen LogP contribution in [0, 0.1) is 0 Å². The van der Waals surface area contributed by atoms with Gasteiger partial charge in [-0.1, -0.05) is 42.5 Å². The van der Waals surface area contributed by atoms with Crippen molar-refractivity contribution in [3.63, 3.8) is 0 Å². The molecule has 100 valence electrons. The number of hydrogen-bond donors (Lipinski definition) is 1. The minimum absolute atomic E-state index is 0.187. The number of methoxy groups -OCH3 is 1. The van der Waals surface area contributed by atoms with E-state index in [1.54, 1.807) is 6.08 Å². The Morgan fingerprint density at radius 2 is 2.21 bits per heavy atom. The molecule has 1 aromatic rings. The van der Waals surface area contributed by atoms with Crippen molar-refractivity contribution >= 4 is 18.3 Å². The number of cyclic esters (lactones) is 1. The SMILES string of the molecule is COC(=O)NN1C(=O)OCC1/C=C/c1ccccc1. The Balaban J connectivity index is 2.04.